The highest BCUT2D eigenvalue weighted by atomic mass is 32.2. The number of pyridine rings is 1. The van der Waals surface area contributed by atoms with Crippen LogP contribution in [-0.4, -0.2) is 13.4 Å². The number of nitrogens with zero attached hydrogens (tertiary/aromatic N) is 1. The van der Waals surface area contributed by atoms with Crippen molar-refractivity contribution in [1.29, 1.82) is 0 Å². The smallest absolute Gasteiger partial charge is 0.258 e. The average molecular weight is 309 g/mol. The van der Waals surface area contributed by atoms with Crippen molar-refractivity contribution in [2.24, 2.45) is 5.73 Å². The molecular weight excluding hydrogens is 293 g/mol. The highest BCUT2D eigenvalue weighted by Gasteiger charge is 2.19. The lowest BCUT2D eigenvalue weighted by atomic mass is 10.1. The molecule has 5 nitrogen and oxygen atoms in total. The topological polar surface area (TPSA) is 85.1 Å². The Labute approximate surface area is 123 Å². The van der Waals surface area contributed by atoms with Gasteiger partial charge in [-0.15, -0.1) is 0 Å². The number of hydrogen-bond donors (Lipinski definition) is 2. The van der Waals surface area contributed by atoms with Gasteiger partial charge in [0.2, 0.25) is 0 Å². The van der Waals surface area contributed by atoms with E-state index in [9.17, 15) is 12.8 Å². The van der Waals surface area contributed by atoms with Crippen LogP contribution in [0.2, 0.25) is 0 Å². The zero-order valence-electron chi connectivity index (χ0n) is 11.5. The summed E-state index contributed by atoms with van der Waals surface area (Å²) in [6.45, 7) is 1.93. The molecule has 1 heterocycles. The van der Waals surface area contributed by atoms with Gasteiger partial charge >= 0.3 is 0 Å². The summed E-state index contributed by atoms with van der Waals surface area (Å²) in [5.41, 5.74) is 6.72. The molecule has 21 heavy (non-hydrogen) atoms. The van der Waals surface area contributed by atoms with E-state index in [1.54, 1.807) is 19.1 Å². The zero-order valence-corrected chi connectivity index (χ0v) is 12.3. The monoisotopic (exact) mass is 309 g/mol. The fourth-order valence-electron chi connectivity index (χ4n) is 1.83. The number of halogens is 1. The lowest BCUT2D eigenvalue weighted by molar-refractivity contribution is 0.561. The Morgan fingerprint density at radius 1 is 1.33 bits per heavy atom. The number of benzene rings is 1. The first kappa shape index (κ1) is 15.6. The van der Waals surface area contributed by atoms with Crippen molar-refractivity contribution >= 4 is 10.0 Å². The number of nitrogens with two attached hydrogens (primary N) is 1. The molecule has 2 rings (SSSR count). The Morgan fingerprint density at radius 3 is 2.67 bits per heavy atom. The van der Waals surface area contributed by atoms with Gasteiger partial charge in [0, 0.05) is 18.8 Å². The van der Waals surface area contributed by atoms with Crippen LogP contribution < -0.4 is 10.5 Å². The van der Waals surface area contributed by atoms with Gasteiger partial charge in [0.1, 0.15) is 5.82 Å². The molecule has 7 heteroatoms. The third-order valence-electron chi connectivity index (χ3n) is 2.99. The third-order valence-corrected chi connectivity index (χ3v) is 4.45. The summed E-state index contributed by atoms with van der Waals surface area (Å²) in [7, 11) is -3.77. The molecule has 0 aliphatic heterocycles. The van der Waals surface area contributed by atoms with Crippen LogP contribution in [-0.2, 0) is 16.6 Å². The number of sulfonamides is 1. The minimum Gasteiger partial charge on any atom is -0.326 e. The van der Waals surface area contributed by atoms with Gasteiger partial charge in [-0.1, -0.05) is 18.2 Å². The van der Waals surface area contributed by atoms with Gasteiger partial charge in [-0.05, 0) is 36.2 Å². The van der Waals surface area contributed by atoms with Crippen LogP contribution in [0.1, 0.15) is 24.1 Å². The molecule has 1 atom stereocenters. The highest BCUT2D eigenvalue weighted by molar-refractivity contribution is 7.89. The SMILES string of the molecule is CC(NS(=O)(=O)c1ccc(CN)cn1)c1cccc(F)c1. The molecule has 0 fully saturated rings. The summed E-state index contributed by atoms with van der Waals surface area (Å²) in [6, 6.07) is 8.21. The van der Waals surface area contributed by atoms with Crippen molar-refractivity contribution in [3.05, 3.63) is 59.5 Å². The van der Waals surface area contributed by atoms with Gasteiger partial charge in [-0.25, -0.2) is 22.5 Å². The Balaban J connectivity index is 2.20. The van der Waals surface area contributed by atoms with Gasteiger partial charge in [-0.3, -0.25) is 0 Å². The second kappa shape index (κ2) is 6.30. The van der Waals surface area contributed by atoms with E-state index < -0.39 is 21.9 Å². The molecule has 0 radical (unpaired) electrons. The van der Waals surface area contributed by atoms with E-state index in [0.717, 1.165) is 5.56 Å². The highest BCUT2D eigenvalue weighted by Crippen LogP contribution is 2.17. The summed E-state index contributed by atoms with van der Waals surface area (Å²) in [5, 5.41) is -0.0945. The molecule has 2 aromatic rings. The van der Waals surface area contributed by atoms with Crippen LogP contribution in [0.15, 0.2) is 47.6 Å². The molecule has 0 saturated carbocycles. The second-order valence-corrected chi connectivity index (χ2v) is 6.27. The molecule has 0 amide bonds. The van der Waals surface area contributed by atoms with E-state index >= 15 is 0 Å². The number of aromatic nitrogens is 1. The van der Waals surface area contributed by atoms with Gasteiger partial charge in [0.25, 0.3) is 10.0 Å². The molecule has 0 aliphatic rings. The average Bonchev–Trinajstić information content (AvgIpc) is 2.47. The first-order chi connectivity index (χ1) is 9.92. The normalized spacial score (nSPS) is 13.1. The number of hydrogen-bond acceptors (Lipinski definition) is 4. The van der Waals surface area contributed by atoms with Crippen LogP contribution in [0, 0.1) is 5.82 Å². The largest absolute Gasteiger partial charge is 0.326 e. The first-order valence-corrected chi connectivity index (χ1v) is 7.83. The van der Waals surface area contributed by atoms with E-state index in [-0.39, 0.29) is 5.03 Å². The quantitative estimate of drug-likeness (QED) is 0.880. The van der Waals surface area contributed by atoms with Crippen LogP contribution in [0.4, 0.5) is 4.39 Å². The third kappa shape index (κ3) is 3.84. The minimum atomic E-state index is -3.77. The van der Waals surface area contributed by atoms with Crippen LogP contribution in [0.3, 0.4) is 0 Å². The maximum Gasteiger partial charge on any atom is 0.258 e. The van der Waals surface area contributed by atoms with Gasteiger partial charge < -0.3 is 5.73 Å². The van der Waals surface area contributed by atoms with Crippen LogP contribution in [0.25, 0.3) is 0 Å². The van der Waals surface area contributed by atoms with E-state index in [2.05, 4.69) is 9.71 Å². The Morgan fingerprint density at radius 2 is 2.10 bits per heavy atom. The molecule has 0 saturated heterocycles. The van der Waals surface area contributed by atoms with Crippen LogP contribution >= 0.6 is 0 Å². The molecule has 0 bridgehead atoms. The van der Waals surface area contributed by atoms with E-state index in [1.165, 1.54) is 30.5 Å². The summed E-state index contributed by atoms with van der Waals surface area (Å²) in [6.07, 6.45) is 1.42. The van der Waals surface area contributed by atoms with Crippen molar-refractivity contribution < 1.29 is 12.8 Å². The summed E-state index contributed by atoms with van der Waals surface area (Å²) >= 11 is 0. The van der Waals surface area contributed by atoms with E-state index in [1.807, 2.05) is 0 Å². The van der Waals surface area contributed by atoms with Crippen molar-refractivity contribution in [3.8, 4) is 0 Å². The van der Waals surface area contributed by atoms with Gasteiger partial charge in [0.15, 0.2) is 5.03 Å². The second-order valence-electron chi connectivity index (χ2n) is 4.61. The molecule has 0 spiro atoms. The minimum absolute atomic E-state index is 0.0945. The van der Waals surface area contributed by atoms with Gasteiger partial charge in [0.05, 0.1) is 0 Å². The maximum atomic E-state index is 13.2. The summed E-state index contributed by atoms with van der Waals surface area (Å²) in [4.78, 5) is 3.88. The maximum absolute atomic E-state index is 13.2. The van der Waals surface area contributed by atoms with E-state index in [0.29, 0.717) is 12.1 Å². The predicted octanol–water partition coefficient (Wildman–Crippen LogP) is 1.72. The molecule has 112 valence electrons. The van der Waals surface area contributed by atoms with Gasteiger partial charge in [-0.2, -0.15) is 0 Å². The van der Waals surface area contributed by atoms with Crippen LogP contribution in [0.5, 0.6) is 0 Å². The number of rotatable bonds is 5. The summed E-state index contributed by atoms with van der Waals surface area (Å²) < 4.78 is 40.0. The molecule has 3 N–H and O–H groups in total. The lowest BCUT2D eigenvalue weighted by Crippen LogP contribution is -2.27. The van der Waals surface area contributed by atoms with Crippen molar-refractivity contribution in [3.63, 3.8) is 0 Å². The van der Waals surface area contributed by atoms with Crippen molar-refractivity contribution in [2.75, 3.05) is 0 Å². The fourth-order valence-corrected chi connectivity index (χ4v) is 2.99. The Hall–Kier alpha value is -1.83. The first-order valence-electron chi connectivity index (χ1n) is 6.35. The standard InChI is InChI=1S/C14H16FN3O2S/c1-10(12-3-2-4-13(15)7-12)18-21(19,20)14-6-5-11(8-16)9-17-14/h2-7,9-10,18H,8,16H2,1H3. The molecule has 1 aromatic carbocycles. The van der Waals surface area contributed by atoms with Crippen molar-refractivity contribution in [1.82, 2.24) is 9.71 Å². The Bertz CT molecular complexity index is 717. The molecule has 1 aromatic heterocycles. The Kier molecular flexibility index (Phi) is 4.66. The summed E-state index contributed by atoms with van der Waals surface area (Å²) in [5.74, 6) is -0.413. The molecule has 0 aliphatic carbocycles. The number of nitrogens with one attached hydrogen (secondary N) is 1. The lowest BCUT2D eigenvalue weighted by Gasteiger charge is -2.14. The fraction of sp³-hybridized carbons (Fsp3) is 0.214. The molecular formula is C14H16FN3O2S. The van der Waals surface area contributed by atoms with Crippen molar-refractivity contribution in [2.45, 2.75) is 24.5 Å². The molecule has 1 unspecified atom stereocenters. The van der Waals surface area contributed by atoms with E-state index in [4.69, 9.17) is 5.73 Å². The predicted molar refractivity (Wildman–Crippen MR) is 77.3 cm³/mol. The zero-order chi connectivity index (χ0) is 15.5.